The number of nitrogens with zero attached hydrogens (tertiary/aromatic N) is 3. The largest absolute Gasteiger partial charge is 0.487 e. The van der Waals surface area contributed by atoms with Crippen molar-refractivity contribution in [3.8, 4) is 5.75 Å². The van der Waals surface area contributed by atoms with E-state index in [0.29, 0.717) is 12.5 Å². The summed E-state index contributed by atoms with van der Waals surface area (Å²) in [6, 6.07) is 18.4. The van der Waals surface area contributed by atoms with Gasteiger partial charge in [0.05, 0.1) is 6.33 Å². The Labute approximate surface area is 183 Å². The number of benzene rings is 2. The SMILES string of the molecule is C(=C\c1nc(COc2ccc(CCCCCn3ccnc3)cc2)co1)/c1ccccc1. The Morgan fingerprint density at radius 3 is 2.61 bits per heavy atom. The molecule has 0 atom stereocenters. The molecule has 2 aromatic heterocycles. The molecule has 0 fully saturated rings. The Morgan fingerprint density at radius 2 is 1.81 bits per heavy atom. The first-order valence-electron chi connectivity index (χ1n) is 10.7. The molecule has 0 spiro atoms. The van der Waals surface area contributed by atoms with Crippen LogP contribution in [0, 0.1) is 0 Å². The van der Waals surface area contributed by atoms with Crippen molar-refractivity contribution >= 4 is 12.2 Å². The molecule has 2 aromatic carbocycles. The molecule has 0 N–H and O–H groups in total. The lowest BCUT2D eigenvalue weighted by Crippen LogP contribution is -1.96. The highest BCUT2D eigenvalue weighted by Crippen LogP contribution is 2.16. The summed E-state index contributed by atoms with van der Waals surface area (Å²) in [6.07, 6.45) is 15.9. The normalized spacial score (nSPS) is 11.2. The molecule has 0 aliphatic carbocycles. The summed E-state index contributed by atoms with van der Waals surface area (Å²) in [5.41, 5.74) is 3.22. The topological polar surface area (TPSA) is 53.1 Å². The zero-order valence-corrected chi connectivity index (χ0v) is 17.6. The van der Waals surface area contributed by atoms with Crippen molar-refractivity contribution in [3.05, 3.63) is 102 Å². The maximum absolute atomic E-state index is 5.85. The highest BCUT2D eigenvalue weighted by atomic mass is 16.5. The van der Waals surface area contributed by atoms with E-state index < -0.39 is 0 Å². The number of hydrogen-bond acceptors (Lipinski definition) is 4. The smallest absolute Gasteiger partial charge is 0.218 e. The van der Waals surface area contributed by atoms with E-state index in [0.717, 1.165) is 30.0 Å². The molecule has 0 radical (unpaired) electrons. The van der Waals surface area contributed by atoms with E-state index in [1.54, 1.807) is 6.26 Å². The van der Waals surface area contributed by atoms with Crippen LogP contribution in [0.15, 0.2) is 84.0 Å². The first-order chi connectivity index (χ1) is 15.3. The Hall–Kier alpha value is -3.60. The molecule has 158 valence electrons. The van der Waals surface area contributed by atoms with Gasteiger partial charge in [0.25, 0.3) is 0 Å². The third-order valence-electron chi connectivity index (χ3n) is 5.04. The highest BCUT2D eigenvalue weighted by molar-refractivity contribution is 5.65. The van der Waals surface area contributed by atoms with Crippen molar-refractivity contribution in [2.75, 3.05) is 0 Å². The van der Waals surface area contributed by atoms with Crippen LogP contribution in [0.1, 0.15) is 42.0 Å². The summed E-state index contributed by atoms with van der Waals surface area (Å²) in [5, 5.41) is 0. The number of oxazole rings is 1. The van der Waals surface area contributed by atoms with Gasteiger partial charge in [-0.3, -0.25) is 0 Å². The summed E-state index contributed by atoms with van der Waals surface area (Å²) >= 11 is 0. The third kappa shape index (κ3) is 6.71. The second-order valence-corrected chi connectivity index (χ2v) is 7.46. The van der Waals surface area contributed by atoms with Gasteiger partial charge in [0, 0.05) is 25.0 Å². The van der Waals surface area contributed by atoms with E-state index in [1.165, 1.54) is 24.8 Å². The molecule has 0 bridgehead atoms. The average Bonchev–Trinajstić information content (AvgIpc) is 3.50. The van der Waals surface area contributed by atoms with E-state index in [1.807, 2.05) is 73.3 Å². The quantitative estimate of drug-likeness (QED) is 0.282. The molecule has 31 heavy (non-hydrogen) atoms. The fourth-order valence-corrected chi connectivity index (χ4v) is 3.33. The molecule has 0 saturated carbocycles. The molecule has 5 nitrogen and oxygen atoms in total. The van der Waals surface area contributed by atoms with Gasteiger partial charge in [-0.25, -0.2) is 9.97 Å². The number of unbranched alkanes of at least 4 members (excludes halogenated alkanes) is 2. The average molecular weight is 414 g/mol. The Bertz CT molecular complexity index is 1050. The molecule has 4 rings (SSSR count). The number of imidazole rings is 1. The summed E-state index contributed by atoms with van der Waals surface area (Å²) < 4.78 is 13.5. The number of hydrogen-bond donors (Lipinski definition) is 0. The second kappa shape index (κ2) is 11.0. The Morgan fingerprint density at radius 1 is 0.935 bits per heavy atom. The molecule has 0 unspecified atom stereocenters. The minimum absolute atomic E-state index is 0.385. The molecule has 0 amide bonds. The van der Waals surface area contributed by atoms with Crippen LogP contribution in [0.5, 0.6) is 5.75 Å². The lowest BCUT2D eigenvalue weighted by Gasteiger charge is -2.06. The predicted molar refractivity (Wildman–Crippen MR) is 122 cm³/mol. The van der Waals surface area contributed by atoms with Gasteiger partial charge in [0.15, 0.2) is 0 Å². The summed E-state index contributed by atoms with van der Waals surface area (Å²) in [5.74, 6) is 1.42. The minimum Gasteiger partial charge on any atom is -0.487 e. The predicted octanol–water partition coefficient (Wildman–Crippen LogP) is 6.03. The number of rotatable bonds is 11. The lowest BCUT2D eigenvalue weighted by molar-refractivity contribution is 0.301. The molecule has 0 aliphatic heterocycles. The first-order valence-corrected chi connectivity index (χ1v) is 10.7. The summed E-state index contributed by atoms with van der Waals surface area (Å²) in [6.45, 7) is 1.43. The van der Waals surface area contributed by atoms with Gasteiger partial charge >= 0.3 is 0 Å². The minimum atomic E-state index is 0.385. The van der Waals surface area contributed by atoms with Crippen LogP contribution in [0.25, 0.3) is 12.2 Å². The van der Waals surface area contributed by atoms with Crippen molar-refractivity contribution in [2.24, 2.45) is 0 Å². The fraction of sp³-hybridized carbons (Fsp3) is 0.231. The molecule has 2 heterocycles. The van der Waals surface area contributed by atoms with Crippen molar-refractivity contribution in [1.82, 2.24) is 14.5 Å². The molecular formula is C26H27N3O2. The first kappa shape index (κ1) is 20.7. The van der Waals surface area contributed by atoms with Crippen LogP contribution in [-0.2, 0) is 19.6 Å². The van der Waals surface area contributed by atoms with Crippen LogP contribution in [0.4, 0.5) is 0 Å². The van der Waals surface area contributed by atoms with E-state index >= 15 is 0 Å². The van der Waals surface area contributed by atoms with Crippen LogP contribution in [-0.4, -0.2) is 14.5 Å². The van der Waals surface area contributed by atoms with Gasteiger partial charge in [-0.15, -0.1) is 0 Å². The zero-order valence-electron chi connectivity index (χ0n) is 17.6. The molecule has 4 aromatic rings. The molecule has 5 heteroatoms. The van der Waals surface area contributed by atoms with E-state index in [9.17, 15) is 0 Å². The van der Waals surface area contributed by atoms with Crippen LogP contribution >= 0.6 is 0 Å². The van der Waals surface area contributed by atoms with Gasteiger partial charge in [0.2, 0.25) is 5.89 Å². The second-order valence-electron chi connectivity index (χ2n) is 7.46. The molecule has 0 aliphatic rings. The van der Waals surface area contributed by atoms with Gasteiger partial charge in [-0.2, -0.15) is 0 Å². The van der Waals surface area contributed by atoms with E-state index in [4.69, 9.17) is 9.15 Å². The number of aryl methyl sites for hydroxylation is 2. The zero-order chi connectivity index (χ0) is 21.1. The highest BCUT2D eigenvalue weighted by Gasteiger charge is 2.03. The van der Waals surface area contributed by atoms with Crippen LogP contribution < -0.4 is 4.74 Å². The maximum atomic E-state index is 5.85. The molecular weight excluding hydrogens is 386 g/mol. The van der Waals surface area contributed by atoms with E-state index in [2.05, 4.69) is 26.7 Å². The van der Waals surface area contributed by atoms with Crippen molar-refractivity contribution < 1.29 is 9.15 Å². The summed E-state index contributed by atoms with van der Waals surface area (Å²) in [7, 11) is 0. The summed E-state index contributed by atoms with van der Waals surface area (Å²) in [4.78, 5) is 8.52. The lowest BCUT2D eigenvalue weighted by atomic mass is 10.1. The van der Waals surface area contributed by atoms with Crippen molar-refractivity contribution in [3.63, 3.8) is 0 Å². The van der Waals surface area contributed by atoms with Crippen molar-refractivity contribution in [1.29, 1.82) is 0 Å². The standard InChI is InChI=1S/C26H27N3O2/c1-3-7-22(8-4-1)12-15-26-28-24(20-31-26)19-30-25-13-10-23(11-14-25)9-5-2-6-17-29-18-16-27-21-29/h1,3-4,7-8,10-16,18,20-21H,2,5-6,9,17,19H2/b15-12+. The van der Waals surface area contributed by atoms with Crippen LogP contribution in [0.3, 0.4) is 0 Å². The van der Waals surface area contributed by atoms with Crippen LogP contribution in [0.2, 0.25) is 0 Å². The Balaban J connectivity index is 1.17. The monoisotopic (exact) mass is 413 g/mol. The van der Waals surface area contributed by atoms with Gasteiger partial charge in [0.1, 0.15) is 24.3 Å². The number of aromatic nitrogens is 3. The van der Waals surface area contributed by atoms with Gasteiger partial charge in [-0.1, -0.05) is 48.9 Å². The van der Waals surface area contributed by atoms with Crippen molar-refractivity contribution in [2.45, 2.75) is 38.8 Å². The third-order valence-corrected chi connectivity index (χ3v) is 5.04. The number of ether oxygens (including phenoxy) is 1. The van der Waals surface area contributed by atoms with E-state index in [-0.39, 0.29) is 0 Å². The van der Waals surface area contributed by atoms with Gasteiger partial charge in [-0.05, 0) is 48.6 Å². The maximum Gasteiger partial charge on any atom is 0.218 e. The Kier molecular flexibility index (Phi) is 7.31. The fourth-order valence-electron chi connectivity index (χ4n) is 3.33. The molecule has 0 saturated heterocycles. The van der Waals surface area contributed by atoms with Gasteiger partial charge < -0.3 is 13.7 Å².